The molecular weight excluding hydrogens is 452 g/mol. The summed E-state index contributed by atoms with van der Waals surface area (Å²) >= 11 is 0. The van der Waals surface area contributed by atoms with Crippen LogP contribution in [0.1, 0.15) is 31.2 Å². The first kappa shape index (κ1) is 25.3. The second kappa shape index (κ2) is 10.1. The Labute approximate surface area is 201 Å². The number of hydrogen-bond acceptors (Lipinski definition) is 5. The van der Waals surface area contributed by atoms with Crippen molar-refractivity contribution in [1.82, 2.24) is 9.21 Å². The number of nitrogens with zero attached hydrogens (tertiary/aromatic N) is 2. The third-order valence-corrected chi connectivity index (χ3v) is 12.0. The molecule has 1 unspecified atom stereocenters. The Bertz CT molecular complexity index is 891. The first-order valence-corrected chi connectivity index (χ1v) is 17.8. The first-order chi connectivity index (χ1) is 15.6. The zero-order valence-electron chi connectivity index (χ0n) is 20.8. The lowest BCUT2D eigenvalue weighted by molar-refractivity contribution is -0.144. The molecule has 0 amide bonds. The van der Waals surface area contributed by atoms with Crippen LogP contribution < -0.4 is 0 Å². The molecule has 0 aromatic heterocycles. The van der Waals surface area contributed by atoms with E-state index in [2.05, 4.69) is 54.9 Å². The van der Waals surface area contributed by atoms with Crippen LogP contribution in [0.5, 0.6) is 0 Å². The minimum atomic E-state index is -3.32. The summed E-state index contributed by atoms with van der Waals surface area (Å²) in [6.45, 7) is 10.5. The first-order valence-electron chi connectivity index (χ1n) is 12.5. The van der Waals surface area contributed by atoms with Crippen LogP contribution in [0.25, 0.3) is 0 Å². The molecule has 0 radical (unpaired) electrons. The number of ether oxygens (including phenoxy) is 2. The highest BCUT2D eigenvalue weighted by atomic mass is 32.2. The van der Waals surface area contributed by atoms with Crippen LogP contribution in [0.3, 0.4) is 0 Å². The van der Waals surface area contributed by atoms with Crippen molar-refractivity contribution in [3.05, 3.63) is 35.9 Å². The molecule has 4 atom stereocenters. The Balaban J connectivity index is 1.60. The van der Waals surface area contributed by atoms with Crippen LogP contribution in [0.4, 0.5) is 0 Å². The second-order valence-corrected chi connectivity index (χ2v) is 19.2. The molecule has 1 saturated carbocycles. The van der Waals surface area contributed by atoms with E-state index in [1.807, 2.05) is 4.31 Å². The van der Waals surface area contributed by atoms with E-state index in [-0.39, 0.29) is 30.1 Å². The van der Waals surface area contributed by atoms with Crippen LogP contribution in [0.2, 0.25) is 25.7 Å². The molecule has 1 aromatic carbocycles. The number of likely N-dealkylation sites (tertiary alicyclic amines) is 1. The van der Waals surface area contributed by atoms with E-state index < -0.39 is 18.1 Å². The summed E-state index contributed by atoms with van der Waals surface area (Å²) < 4.78 is 40.6. The molecule has 2 aliphatic heterocycles. The summed E-state index contributed by atoms with van der Waals surface area (Å²) in [4.78, 5) is 2.55. The molecule has 33 heavy (non-hydrogen) atoms. The van der Waals surface area contributed by atoms with Gasteiger partial charge in [0.15, 0.2) is 0 Å². The quantitative estimate of drug-likeness (QED) is 0.383. The maximum atomic E-state index is 13.6. The van der Waals surface area contributed by atoms with Crippen LogP contribution in [-0.2, 0) is 26.0 Å². The predicted molar refractivity (Wildman–Crippen MR) is 135 cm³/mol. The number of hydrogen-bond donors (Lipinski definition) is 0. The Morgan fingerprint density at radius 2 is 1.85 bits per heavy atom. The van der Waals surface area contributed by atoms with E-state index in [4.69, 9.17) is 9.47 Å². The van der Waals surface area contributed by atoms with Crippen molar-refractivity contribution in [2.45, 2.75) is 70.1 Å². The Morgan fingerprint density at radius 3 is 2.55 bits per heavy atom. The summed E-state index contributed by atoms with van der Waals surface area (Å²) in [5, 5.41) is 0. The average molecular weight is 495 g/mol. The average Bonchev–Trinajstić information content (AvgIpc) is 3.16. The van der Waals surface area contributed by atoms with Gasteiger partial charge in [0.05, 0.1) is 17.9 Å². The van der Waals surface area contributed by atoms with E-state index in [0.29, 0.717) is 12.5 Å². The zero-order chi connectivity index (χ0) is 23.7. The van der Waals surface area contributed by atoms with Crippen molar-refractivity contribution < 1.29 is 17.9 Å². The molecule has 8 heteroatoms. The van der Waals surface area contributed by atoms with Crippen LogP contribution in [0, 0.1) is 11.3 Å². The van der Waals surface area contributed by atoms with Gasteiger partial charge >= 0.3 is 0 Å². The van der Waals surface area contributed by atoms with E-state index in [9.17, 15) is 8.42 Å². The molecule has 1 aromatic rings. The molecule has 0 N–H and O–H groups in total. The van der Waals surface area contributed by atoms with Gasteiger partial charge in [-0.1, -0.05) is 50.0 Å². The third kappa shape index (κ3) is 5.57. The zero-order valence-corrected chi connectivity index (χ0v) is 22.6. The maximum absolute atomic E-state index is 13.6. The van der Waals surface area contributed by atoms with E-state index in [1.165, 1.54) is 5.56 Å². The SMILES string of the molecule is COCO[C@@H]1CCC2CCN(Cc3ccccc3)C[C@@]23CCN(S(=O)(=O)CC[Si](C)(C)C)[C@@H]13. The van der Waals surface area contributed by atoms with Gasteiger partial charge in [0, 0.05) is 40.2 Å². The highest BCUT2D eigenvalue weighted by Crippen LogP contribution is 2.55. The van der Waals surface area contributed by atoms with Crippen molar-refractivity contribution >= 4 is 18.1 Å². The Morgan fingerprint density at radius 1 is 1.09 bits per heavy atom. The third-order valence-electron chi connectivity index (χ3n) is 8.09. The van der Waals surface area contributed by atoms with Gasteiger partial charge in [-0.3, -0.25) is 4.90 Å². The number of rotatable bonds is 9. The summed E-state index contributed by atoms with van der Waals surface area (Å²) in [7, 11) is -3.14. The highest BCUT2D eigenvalue weighted by molar-refractivity contribution is 7.89. The molecule has 3 fully saturated rings. The molecule has 6 nitrogen and oxygen atoms in total. The maximum Gasteiger partial charge on any atom is 0.214 e. The van der Waals surface area contributed by atoms with Gasteiger partial charge in [-0.25, -0.2) is 8.42 Å². The number of piperidine rings is 1. The van der Waals surface area contributed by atoms with Crippen molar-refractivity contribution in [2.75, 3.05) is 39.3 Å². The van der Waals surface area contributed by atoms with Gasteiger partial charge < -0.3 is 9.47 Å². The summed E-state index contributed by atoms with van der Waals surface area (Å²) in [5.41, 5.74) is 1.29. The van der Waals surface area contributed by atoms with Gasteiger partial charge in [-0.05, 0) is 49.8 Å². The number of benzene rings is 1. The fraction of sp³-hybridized carbons (Fsp3) is 0.760. The molecule has 4 rings (SSSR count). The summed E-state index contributed by atoms with van der Waals surface area (Å²) in [6, 6.07) is 11.4. The Hall–Kier alpha value is -0.773. The largest absolute Gasteiger partial charge is 0.359 e. The van der Waals surface area contributed by atoms with E-state index in [0.717, 1.165) is 51.4 Å². The van der Waals surface area contributed by atoms with Crippen molar-refractivity contribution in [3.8, 4) is 0 Å². The van der Waals surface area contributed by atoms with Gasteiger partial charge in [0.2, 0.25) is 10.0 Å². The minimum Gasteiger partial charge on any atom is -0.359 e. The molecule has 2 heterocycles. The lowest BCUT2D eigenvalue weighted by atomic mass is 9.59. The molecule has 0 bridgehead atoms. The van der Waals surface area contributed by atoms with Crippen LogP contribution in [0.15, 0.2) is 30.3 Å². The highest BCUT2D eigenvalue weighted by Gasteiger charge is 2.61. The van der Waals surface area contributed by atoms with Gasteiger partial charge in [0.1, 0.15) is 6.79 Å². The van der Waals surface area contributed by atoms with Gasteiger partial charge in [0.25, 0.3) is 0 Å². The van der Waals surface area contributed by atoms with Crippen LogP contribution >= 0.6 is 0 Å². The van der Waals surface area contributed by atoms with E-state index >= 15 is 0 Å². The molecule has 2 saturated heterocycles. The van der Waals surface area contributed by atoms with Gasteiger partial charge in [-0.2, -0.15) is 4.31 Å². The van der Waals surface area contributed by atoms with Crippen molar-refractivity contribution in [2.24, 2.45) is 11.3 Å². The lowest BCUT2D eigenvalue weighted by Gasteiger charge is -2.55. The Kier molecular flexibility index (Phi) is 7.73. The second-order valence-electron chi connectivity index (χ2n) is 11.5. The molecule has 3 aliphatic rings. The minimum absolute atomic E-state index is 0.0318. The van der Waals surface area contributed by atoms with Crippen molar-refractivity contribution in [1.29, 1.82) is 0 Å². The fourth-order valence-electron chi connectivity index (χ4n) is 6.44. The predicted octanol–water partition coefficient (Wildman–Crippen LogP) is 4.02. The fourth-order valence-corrected chi connectivity index (χ4v) is 11.2. The number of sulfonamides is 1. The monoisotopic (exact) mass is 494 g/mol. The van der Waals surface area contributed by atoms with Crippen LogP contribution in [-0.4, -0.2) is 77.1 Å². The van der Waals surface area contributed by atoms with Crippen molar-refractivity contribution in [3.63, 3.8) is 0 Å². The number of methoxy groups -OCH3 is 1. The molecular formula is C25H42N2O4SSi. The molecule has 186 valence electrons. The molecule has 1 spiro atoms. The summed E-state index contributed by atoms with van der Waals surface area (Å²) in [6.07, 6.45) is 4.02. The smallest absolute Gasteiger partial charge is 0.214 e. The topological polar surface area (TPSA) is 59.1 Å². The normalized spacial score (nSPS) is 31.3. The molecule has 1 aliphatic carbocycles. The standard InChI is InChI=1S/C25H42N2O4SSi/c1-30-20-31-23-11-10-22-12-14-26(18-21-8-6-5-7-9-21)19-25(22)13-15-27(24(23)25)32(28,29)16-17-33(2,3)4/h5-9,22-24H,10-20H2,1-4H3/t22?,23-,24+,25+/m1/s1. The lowest BCUT2D eigenvalue weighted by Crippen LogP contribution is -2.62. The van der Waals surface area contributed by atoms with E-state index in [1.54, 1.807) is 7.11 Å². The summed E-state index contributed by atoms with van der Waals surface area (Å²) in [5.74, 6) is 0.833. The van der Waals surface area contributed by atoms with Gasteiger partial charge in [-0.15, -0.1) is 0 Å².